The Bertz CT molecular complexity index is 809. The highest BCUT2D eigenvalue weighted by molar-refractivity contribution is 6.00. The summed E-state index contributed by atoms with van der Waals surface area (Å²) in [5.74, 6) is -0.109. The molecule has 3 N–H and O–H groups in total. The summed E-state index contributed by atoms with van der Waals surface area (Å²) in [5.41, 5.74) is 2.87. The summed E-state index contributed by atoms with van der Waals surface area (Å²) >= 11 is 0. The third-order valence-electron chi connectivity index (χ3n) is 3.64. The van der Waals surface area contributed by atoms with E-state index in [0.29, 0.717) is 23.5 Å². The number of para-hydroxylation sites is 1. The van der Waals surface area contributed by atoms with Gasteiger partial charge in [-0.2, -0.15) is 0 Å². The number of hydrogen-bond acceptors (Lipinski definition) is 2. The van der Waals surface area contributed by atoms with Gasteiger partial charge in [0.2, 0.25) is 5.91 Å². The van der Waals surface area contributed by atoms with Crippen LogP contribution >= 0.6 is 0 Å². The minimum absolute atomic E-state index is 0.109. The Morgan fingerprint density at radius 1 is 0.615 bits per heavy atom. The van der Waals surface area contributed by atoms with Crippen LogP contribution in [-0.2, 0) is 11.2 Å². The van der Waals surface area contributed by atoms with E-state index in [0.717, 1.165) is 5.56 Å². The number of anilines is 3. The zero-order chi connectivity index (χ0) is 18.2. The van der Waals surface area contributed by atoms with E-state index in [-0.39, 0.29) is 11.9 Å². The molecular formula is C21H19N3O2. The molecule has 5 nitrogen and oxygen atoms in total. The molecule has 0 aliphatic heterocycles. The maximum atomic E-state index is 12.1. The number of nitrogens with one attached hydrogen (secondary N) is 3. The number of benzene rings is 3. The fourth-order valence-corrected chi connectivity index (χ4v) is 2.48. The van der Waals surface area contributed by atoms with E-state index in [1.165, 1.54) is 0 Å². The second-order valence-electron chi connectivity index (χ2n) is 5.74. The van der Waals surface area contributed by atoms with Crippen LogP contribution in [0.4, 0.5) is 21.9 Å². The summed E-state index contributed by atoms with van der Waals surface area (Å²) in [6.45, 7) is 0. The average Bonchev–Trinajstić information content (AvgIpc) is 2.63. The van der Waals surface area contributed by atoms with E-state index in [1.54, 1.807) is 36.4 Å². The second-order valence-corrected chi connectivity index (χ2v) is 5.74. The van der Waals surface area contributed by atoms with E-state index in [4.69, 9.17) is 0 Å². The molecule has 0 unspecified atom stereocenters. The lowest BCUT2D eigenvalue weighted by molar-refractivity contribution is -0.115. The van der Waals surface area contributed by atoms with Gasteiger partial charge in [-0.1, -0.05) is 54.6 Å². The van der Waals surface area contributed by atoms with Crippen LogP contribution in [0.1, 0.15) is 5.56 Å². The smallest absolute Gasteiger partial charge is 0.323 e. The molecule has 0 aliphatic carbocycles. The van der Waals surface area contributed by atoms with Crippen molar-refractivity contribution in [2.45, 2.75) is 6.42 Å². The largest absolute Gasteiger partial charge is 0.326 e. The molecule has 0 aromatic heterocycles. The van der Waals surface area contributed by atoms with Gasteiger partial charge in [-0.25, -0.2) is 4.79 Å². The van der Waals surface area contributed by atoms with Crippen LogP contribution in [0.3, 0.4) is 0 Å². The predicted octanol–water partition coefficient (Wildman–Crippen LogP) is 4.51. The highest BCUT2D eigenvalue weighted by Crippen LogP contribution is 2.16. The molecule has 0 atom stereocenters. The van der Waals surface area contributed by atoms with Gasteiger partial charge >= 0.3 is 6.03 Å². The molecule has 0 saturated carbocycles. The van der Waals surface area contributed by atoms with Gasteiger partial charge < -0.3 is 16.0 Å². The third kappa shape index (κ3) is 5.21. The first-order chi connectivity index (χ1) is 12.7. The Morgan fingerprint density at radius 3 is 1.85 bits per heavy atom. The number of urea groups is 1. The predicted molar refractivity (Wildman–Crippen MR) is 104 cm³/mol. The summed E-state index contributed by atoms with van der Waals surface area (Å²) < 4.78 is 0. The third-order valence-corrected chi connectivity index (χ3v) is 3.64. The average molecular weight is 345 g/mol. The van der Waals surface area contributed by atoms with Gasteiger partial charge in [-0.3, -0.25) is 4.79 Å². The van der Waals surface area contributed by atoms with Gasteiger partial charge in [0.25, 0.3) is 0 Å². The van der Waals surface area contributed by atoms with Crippen molar-refractivity contribution < 1.29 is 9.59 Å². The minimum atomic E-state index is -0.344. The van der Waals surface area contributed by atoms with Gasteiger partial charge in [0.1, 0.15) is 0 Å². The van der Waals surface area contributed by atoms with Gasteiger partial charge in [0, 0.05) is 17.1 Å². The van der Waals surface area contributed by atoms with E-state index < -0.39 is 0 Å². The van der Waals surface area contributed by atoms with E-state index in [9.17, 15) is 9.59 Å². The van der Waals surface area contributed by atoms with Crippen molar-refractivity contribution in [3.8, 4) is 0 Å². The van der Waals surface area contributed by atoms with Crippen LogP contribution < -0.4 is 16.0 Å². The van der Waals surface area contributed by atoms with Gasteiger partial charge in [-0.15, -0.1) is 0 Å². The first-order valence-corrected chi connectivity index (χ1v) is 8.26. The fourth-order valence-electron chi connectivity index (χ4n) is 2.48. The molecule has 0 saturated heterocycles. The lowest BCUT2D eigenvalue weighted by Crippen LogP contribution is -2.19. The molecule has 3 aromatic carbocycles. The monoisotopic (exact) mass is 345 g/mol. The van der Waals surface area contributed by atoms with Crippen molar-refractivity contribution in [3.05, 3.63) is 90.5 Å². The van der Waals surface area contributed by atoms with Crippen LogP contribution in [0.15, 0.2) is 84.9 Å². The maximum absolute atomic E-state index is 12.1. The highest BCUT2D eigenvalue weighted by Gasteiger charge is 2.06. The summed E-state index contributed by atoms with van der Waals surface area (Å²) in [6, 6.07) is 25.4. The molecule has 0 radical (unpaired) electrons. The summed E-state index contributed by atoms with van der Waals surface area (Å²) in [4.78, 5) is 24.2. The van der Waals surface area contributed by atoms with Crippen molar-refractivity contribution in [2.24, 2.45) is 0 Å². The Hall–Kier alpha value is -3.60. The van der Waals surface area contributed by atoms with E-state index in [2.05, 4.69) is 16.0 Å². The lowest BCUT2D eigenvalue weighted by Gasteiger charge is -2.10. The zero-order valence-electron chi connectivity index (χ0n) is 14.1. The molecule has 3 rings (SSSR count). The molecule has 26 heavy (non-hydrogen) atoms. The normalized spacial score (nSPS) is 10.0. The number of carbonyl (C=O) groups excluding carboxylic acids is 2. The number of amides is 3. The molecule has 0 aliphatic rings. The Morgan fingerprint density at radius 2 is 1.15 bits per heavy atom. The molecule has 3 amide bonds. The number of hydrogen-bond donors (Lipinski definition) is 3. The highest BCUT2D eigenvalue weighted by atomic mass is 16.2. The van der Waals surface area contributed by atoms with Gasteiger partial charge in [-0.05, 0) is 35.9 Å². The van der Waals surface area contributed by atoms with Crippen LogP contribution in [0.5, 0.6) is 0 Å². The molecule has 5 heteroatoms. The molecule has 0 bridgehead atoms. The SMILES string of the molecule is O=C(Cc1ccccc1)Nc1cccc(NC(=O)Nc2ccccc2)c1. The van der Waals surface area contributed by atoms with Crippen LogP contribution in [0, 0.1) is 0 Å². The van der Waals surface area contributed by atoms with Gasteiger partial charge in [0.15, 0.2) is 0 Å². The Kier molecular flexibility index (Phi) is 5.62. The van der Waals surface area contributed by atoms with Crippen molar-refractivity contribution in [2.75, 3.05) is 16.0 Å². The molecule has 130 valence electrons. The minimum Gasteiger partial charge on any atom is -0.326 e. The summed E-state index contributed by atoms with van der Waals surface area (Å²) in [7, 11) is 0. The standard InChI is InChI=1S/C21H19N3O2/c25-20(14-16-8-3-1-4-9-16)22-18-12-7-13-19(15-18)24-21(26)23-17-10-5-2-6-11-17/h1-13,15H,14H2,(H,22,25)(H2,23,24,26). The summed E-state index contributed by atoms with van der Waals surface area (Å²) in [6.07, 6.45) is 0.299. The lowest BCUT2D eigenvalue weighted by atomic mass is 10.1. The molecule has 0 fully saturated rings. The maximum Gasteiger partial charge on any atom is 0.323 e. The van der Waals surface area contributed by atoms with Crippen LogP contribution in [0.2, 0.25) is 0 Å². The first-order valence-electron chi connectivity index (χ1n) is 8.26. The topological polar surface area (TPSA) is 70.2 Å². The molecular weight excluding hydrogens is 326 g/mol. The molecule has 0 spiro atoms. The van der Waals surface area contributed by atoms with E-state index in [1.807, 2.05) is 48.5 Å². The zero-order valence-corrected chi connectivity index (χ0v) is 14.1. The Balaban J connectivity index is 1.57. The molecule has 0 heterocycles. The second kappa shape index (κ2) is 8.48. The van der Waals surface area contributed by atoms with Crippen molar-refractivity contribution in [3.63, 3.8) is 0 Å². The van der Waals surface area contributed by atoms with Gasteiger partial charge in [0.05, 0.1) is 6.42 Å². The van der Waals surface area contributed by atoms with Crippen molar-refractivity contribution in [1.82, 2.24) is 0 Å². The number of rotatable bonds is 5. The fraction of sp³-hybridized carbons (Fsp3) is 0.0476. The van der Waals surface area contributed by atoms with Crippen molar-refractivity contribution >= 4 is 29.0 Å². The van der Waals surface area contributed by atoms with Crippen molar-refractivity contribution in [1.29, 1.82) is 0 Å². The quantitative estimate of drug-likeness (QED) is 0.637. The Labute approximate surface area is 152 Å². The first kappa shape index (κ1) is 17.2. The molecule has 3 aromatic rings. The van der Waals surface area contributed by atoms with E-state index >= 15 is 0 Å². The van der Waals surface area contributed by atoms with Crippen LogP contribution in [-0.4, -0.2) is 11.9 Å². The van der Waals surface area contributed by atoms with Crippen LogP contribution in [0.25, 0.3) is 0 Å². The number of carbonyl (C=O) groups is 2. The summed E-state index contributed by atoms with van der Waals surface area (Å²) in [5, 5.41) is 8.34.